The highest BCUT2D eigenvalue weighted by Gasteiger charge is 2.33. The number of unbranched alkanes of at least 4 members (excludes halogenated alkanes) is 1. The Morgan fingerprint density at radius 3 is 2.80 bits per heavy atom. The van der Waals surface area contributed by atoms with Crippen LogP contribution in [-0.2, 0) is 9.59 Å². The van der Waals surface area contributed by atoms with Crippen molar-refractivity contribution in [3.05, 3.63) is 0 Å². The molecule has 1 fully saturated rings. The van der Waals surface area contributed by atoms with Gasteiger partial charge in [-0.2, -0.15) is 0 Å². The Balaban J connectivity index is 2.40. The number of thioether (sulfide) groups is 1. The zero-order valence-electron chi connectivity index (χ0n) is 8.52. The van der Waals surface area contributed by atoms with Crippen LogP contribution in [0.1, 0.15) is 19.3 Å². The van der Waals surface area contributed by atoms with Crippen molar-refractivity contribution in [3.63, 3.8) is 0 Å². The van der Waals surface area contributed by atoms with Crippen molar-refractivity contribution in [2.75, 3.05) is 18.2 Å². The minimum atomic E-state index is -0.910. The van der Waals surface area contributed by atoms with Crippen LogP contribution in [-0.4, -0.2) is 46.1 Å². The smallest absolute Gasteiger partial charge is 0.327 e. The van der Waals surface area contributed by atoms with Crippen molar-refractivity contribution in [2.45, 2.75) is 25.3 Å². The van der Waals surface area contributed by atoms with E-state index < -0.39 is 12.0 Å². The lowest BCUT2D eigenvalue weighted by Crippen LogP contribution is -2.41. The molecule has 6 heteroatoms. The number of carbonyl (C=O) groups excluding carboxylic acids is 1. The molecule has 3 N–H and O–H groups in total. The van der Waals surface area contributed by atoms with Crippen LogP contribution in [0.4, 0.5) is 0 Å². The number of carboxylic acid groups (broad SMARTS) is 1. The van der Waals surface area contributed by atoms with E-state index in [0.717, 1.165) is 12.8 Å². The predicted molar refractivity (Wildman–Crippen MR) is 58.5 cm³/mol. The van der Waals surface area contributed by atoms with Crippen molar-refractivity contribution in [1.82, 2.24) is 4.90 Å². The molecule has 0 radical (unpaired) electrons. The molecular formula is C9H16N2O3S. The van der Waals surface area contributed by atoms with Gasteiger partial charge in [0.2, 0.25) is 5.91 Å². The quantitative estimate of drug-likeness (QED) is 0.657. The molecule has 0 aromatic heterocycles. The molecular weight excluding hydrogens is 216 g/mol. The Morgan fingerprint density at radius 2 is 2.20 bits per heavy atom. The molecule has 1 amide bonds. The van der Waals surface area contributed by atoms with E-state index in [4.69, 9.17) is 10.8 Å². The van der Waals surface area contributed by atoms with Crippen molar-refractivity contribution in [2.24, 2.45) is 5.73 Å². The fraction of sp³-hybridized carbons (Fsp3) is 0.778. The third kappa shape index (κ3) is 3.39. The maximum atomic E-state index is 11.6. The number of hydrogen-bond donors (Lipinski definition) is 2. The third-order valence-corrected chi connectivity index (χ3v) is 3.34. The summed E-state index contributed by atoms with van der Waals surface area (Å²) in [5.74, 6) is 0.0177. The van der Waals surface area contributed by atoms with Crippen LogP contribution in [0, 0.1) is 0 Å². The van der Waals surface area contributed by atoms with Crippen molar-refractivity contribution in [3.8, 4) is 0 Å². The average Bonchev–Trinajstić information content (AvgIpc) is 2.66. The Labute approximate surface area is 93.0 Å². The van der Waals surface area contributed by atoms with Gasteiger partial charge in [-0.15, -0.1) is 11.8 Å². The highest BCUT2D eigenvalue weighted by molar-refractivity contribution is 7.99. The van der Waals surface area contributed by atoms with Gasteiger partial charge in [-0.1, -0.05) is 0 Å². The second-order valence-corrected chi connectivity index (χ2v) is 4.46. The largest absolute Gasteiger partial charge is 0.480 e. The van der Waals surface area contributed by atoms with Crippen molar-refractivity contribution >= 4 is 23.6 Å². The molecule has 1 rings (SSSR count). The van der Waals surface area contributed by atoms with Gasteiger partial charge in [-0.3, -0.25) is 4.79 Å². The van der Waals surface area contributed by atoms with Crippen LogP contribution in [0.25, 0.3) is 0 Å². The molecule has 1 aliphatic rings. The Kier molecular flexibility index (Phi) is 4.90. The summed E-state index contributed by atoms with van der Waals surface area (Å²) in [6.45, 7) is 0.574. The summed E-state index contributed by atoms with van der Waals surface area (Å²) >= 11 is 1.49. The van der Waals surface area contributed by atoms with Crippen LogP contribution in [0.2, 0.25) is 0 Å². The number of nitrogens with zero attached hydrogens (tertiary/aromatic N) is 1. The maximum absolute atomic E-state index is 11.6. The van der Waals surface area contributed by atoms with Gasteiger partial charge in [-0.05, 0) is 19.4 Å². The molecule has 0 aliphatic carbocycles. The van der Waals surface area contributed by atoms with Crippen LogP contribution in [0.3, 0.4) is 0 Å². The average molecular weight is 232 g/mol. The molecule has 0 saturated carbocycles. The summed E-state index contributed by atoms with van der Waals surface area (Å²) < 4.78 is 0. The summed E-state index contributed by atoms with van der Waals surface area (Å²) in [5, 5.41) is 8.88. The van der Waals surface area contributed by atoms with Crippen LogP contribution in [0.5, 0.6) is 0 Å². The van der Waals surface area contributed by atoms with E-state index in [0.29, 0.717) is 24.6 Å². The number of nitrogens with two attached hydrogens (primary N) is 1. The highest BCUT2D eigenvalue weighted by atomic mass is 32.2. The van der Waals surface area contributed by atoms with Gasteiger partial charge in [0.15, 0.2) is 0 Å². The Hall–Kier alpha value is -0.750. The zero-order chi connectivity index (χ0) is 11.3. The summed E-state index contributed by atoms with van der Waals surface area (Å²) in [6, 6.07) is -0.639. The predicted octanol–water partition coefficient (Wildman–Crippen LogP) is 0.101. The molecule has 0 spiro atoms. The number of hydrogen-bond acceptors (Lipinski definition) is 4. The molecule has 1 atom stereocenters. The molecule has 0 aromatic carbocycles. The SMILES string of the molecule is NCCCCC(=O)N1CSC[C@H]1C(=O)O. The molecule has 0 aromatic rings. The second kappa shape index (κ2) is 5.97. The normalized spacial score (nSPS) is 20.6. The molecule has 1 heterocycles. The van der Waals surface area contributed by atoms with E-state index in [1.54, 1.807) is 0 Å². The highest BCUT2D eigenvalue weighted by Crippen LogP contribution is 2.22. The van der Waals surface area contributed by atoms with Crippen molar-refractivity contribution in [1.29, 1.82) is 0 Å². The van der Waals surface area contributed by atoms with E-state index >= 15 is 0 Å². The monoisotopic (exact) mass is 232 g/mol. The lowest BCUT2D eigenvalue weighted by molar-refractivity contribution is -0.147. The van der Waals surface area contributed by atoms with E-state index in [9.17, 15) is 9.59 Å². The first-order valence-corrected chi connectivity index (χ1v) is 6.12. The second-order valence-electron chi connectivity index (χ2n) is 3.46. The van der Waals surface area contributed by atoms with Gasteiger partial charge in [0.25, 0.3) is 0 Å². The fourth-order valence-electron chi connectivity index (χ4n) is 1.46. The van der Waals surface area contributed by atoms with E-state index in [1.165, 1.54) is 16.7 Å². The van der Waals surface area contributed by atoms with E-state index in [-0.39, 0.29) is 5.91 Å². The third-order valence-electron chi connectivity index (χ3n) is 2.33. The summed E-state index contributed by atoms with van der Waals surface area (Å²) in [7, 11) is 0. The number of carboxylic acids is 1. The lowest BCUT2D eigenvalue weighted by atomic mass is 10.2. The van der Waals surface area contributed by atoms with Gasteiger partial charge in [0, 0.05) is 12.2 Å². The molecule has 0 bridgehead atoms. The summed E-state index contributed by atoms with van der Waals surface area (Å²) in [6.07, 6.45) is 1.95. The van der Waals surface area contributed by atoms with E-state index in [1.807, 2.05) is 0 Å². The topological polar surface area (TPSA) is 83.6 Å². The fourth-order valence-corrected chi connectivity index (χ4v) is 2.63. The van der Waals surface area contributed by atoms with Gasteiger partial charge < -0.3 is 15.7 Å². The van der Waals surface area contributed by atoms with Gasteiger partial charge in [0.1, 0.15) is 6.04 Å². The first-order valence-electron chi connectivity index (χ1n) is 4.97. The number of amides is 1. The minimum absolute atomic E-state index is 0.0687. The first kappa shape index (κ1) is 12.3. The summed E-state index contributed by atoms with van der Waals surface area (Å²) in [4.78, 5) is 23.9. The first-order chi connectivity index (χ1) is 7.16. The molecule has 15 heavy (non-hydrogen) atoms. The van der Waals surface area contributed by atoms with Crippen LogP contribution < -0.4 is 5.73 Å². The van der Waals surface area contributed by atoms with Crippen LogP contribution in [0.15, 0.2) is 0 Å². The standard InChI is InChI=1S/C9H16N2O3S/c10-4-2-1-3-8(12)11-6-15-5-7(11)9(13)14/h7H,1-6,10H2,(H,13,14)/t7-/m0/s1. The van der Waals surface area contributed by atoms with Crippen LogP contribution >= 0.6 is 11.8 Å². The number of aliphatic carboxylic acids is 1. The van der Waals surface area contributed by atoms with Gasteiger partial charge in [0.05, 0.1) is 5.88 Å². The Morgan fingerprint density at radius 1 is 1.47 bits per heavy atom. The summed E-state index contributed by atoms with van der Waals surface area (Å²) in [5.41, 5.74) is 5.32. The van der Waals surface area contributed by atoms with Gasteiger partial charge >= 0.3 is 5.97 Å². The van der Waals surface area contributed by atoms with E-state index in [2.05, 4.69) is 0 Å². The van der Waals surface area contributed by atoms with Crippen molar-refractivity contribution < 1.29 is 14.7 Å². The molecule has 86 valence electrons. The molecule has 1 aliphatic heterocycles. The molecule has 5 nitrogen and oxygen atoms in total. The van der Waals surface area contributed by atoms with Gasteiger partial charge in [-0.25, -0.2) is 4.79 Å². The number of rotatable bonds is 5. The Bertz CT molecular complexity index is 248. The lowest BCUT2D eigenvalue weighted by Gasteiger charge is -2.20. The minimum Gasteiger partial charge on any atom is -0.480 e. The molecule has 1 saturated heterocycles. The maximum Gasteiger partial charge on any atom is 0.327 e. The molecule has 0 unspecified atom stereocenters. The zero-order valence-corrected chi connectivity index (χ0v) is 9.33. The number of carbonyl (C=O) groups is 2.